The highest BCUT2D eigenvalue weighted by molar-refractivity contribution is 6.37. The molecule has 4 nitrogen and oxygen atoms in total. The van der Waals surface area contributed by atoms with E-state index in [1.165, 1.54) is 38.1 Å². The third-order valence-electron chi connectivity index (χ3n) is 8.26. The molecule has 7 aromatic carbocycles. The van der Waals surface area contributed by atoms with E-state index in [1.54, 1.807) is 28.4 Å². The summed E-state index contributed by atoms with van der Waals surface area (Å²) in [5.41, 5.74) is 4.58. The third-order valence-corrected chi connectivity index (χ3v) is 8.26. The van der Waals surface area contributed by atoms with Crippen LogP contribution in [0.3, 0.4) is 0 Å². The van der Waals surface area contributed by atoms with Crippen molar-refractivity contribution in [2.75, 3.05) is 28.4 Å². The van der Waals surface area contributed by atoms with E-state index >= 15 is 0 Å². The van der Waals surface area contributed by atoms with E-state index in [4.69, 9.17) is 18.9 Å². The number of methoxy groups -OCH3 is 4. The number of fused-ring (bicyclic) bond motifs is 8. The molecule has 0 bridgehead atoms. The van der Waals surface area contributed by atoms with Gasteiger partial charge in [-0.15, -0.1) is 0 Å². The maximum absolute atomic E-state index is 5.71. The number of ether oxygens (including phenoxy) is 4. The van der Waals surface area contributed by atoms with Gasteiger partial charge in [0.15, 0.2) is 0 Å². The first-order chi connectivity index (χ1) is 20.6. The fourth-order valence-electron chi connectivity index (χ4n) is 6.27. The van der Waals surface area contributed by atoms with Gasteiger partial charge in [-0.2, -0.15) is 0 Å². The number of hydrogen-bond donors (Lipinski definition) is 0. The summed E-state index contributed by atoms with van der Waals surface area (Å²) in [6, 6.07) is 38.2. The Labute approximate surface area is 244 Å². The van der Waals surface area contributed by atoms with Crippen LogP contribution in [0.5, 0.6) is 23.0 Å². The topological polar surface area (TPSA) is 36.9 Å². The van der Waals surface area contributed by atoms with Gasteiger partial charge in [-0.3, -0.25) is 0 Å². The molecule has 0 aromatic heterocycles. The summed E-state index contributed by atoms with van der Waals surface area (Å²) in [6.45, 7) is 0. The lowest BCUT2D eigenvalue weighted by Gasteiger charge is -2.22. The van der Waals surface area contributed by atoms with Gasteiger partial charge < -0.3 is 18.9 Å². The summed E-state index contributed by atoms with van der Waals surface area (Å²) < 4.78 is 22.4. The zero-order chi connectivity index (χ0) is 28.8. The molecule has 42 heavy (non-hydrogen) atoms. The van der Waals surface area contributed by atoms with E-state index in [0.29, 0.717) is 0 Å². The lowest BCUT2D eigenvalue weighted by molar-refractivity contribution is 0.414. The van der Waals surface area contributed by atoms with Crippen LogP contribution in [0.4, 0.5) is 0 Å². The molecule has 7 aromatic rings. The Morgan fingerprint density at radius 2 is 0.738 bits per heavy atom. The molecule has 0 unspecified atom stereocenters. The maximum atomic E-state index is 5.71. The number of benzene rings is 7. The van der Waals surface area contributed by atoms with Gasteiger partial charge in [-0.05, 0) is 114 Å². The van der Waals surface area contributed by atoms with Gasteiger partial charge in [0.05, 0.1) is 28.4 Å². The summed E-state index contributed by atoms with van der Waals surface area (Å²) in [4.78, 5) is 0. The van der Waals surface area contributed by atoms with Crippen molar-refractivity contribution < 1.29 is 18.9 Å². The van der Waals surface area contributed by atoms with Gasteiger partial charge in [-0.25, -0.2) is 0 Å². The van der Waals surface area contributed by atoms with Crippen molar-refractivity contribution in [2.45, 2.75) is 0 Å². The Kier molecular flexibility index (Phi) is 6.32. The molecule has 0 aliphatic carbocycles. The van der Waals surface area contributed by atoms with Crippen molar-refractivity contribution in [1.82, 2.24) is 0 Å². The summed E-state index contributed by atoms with van der Waals surface area (Å²) in [5, 5.41) is 9.34. The van der Waals surface area contributed by atoms with Crippen molar-refractivity contribution >= 4 is 43.1 Å². The van der Waals surface area contributed by atoms with Crippen LogP contribution in [0.2, 0.25) is 0 Å². The Balaban J connectivity index is 1.78. The minimum Gasteiger partial charge on any atom is -0.497 e. The van der Waals surface area contributed by atoms with E-state index in [1.807, 2.05) is 36.4 Å². The summed E-state index contributed by atoms with van der Waals surface area (Å²) in [6.07, 6.45) is 0. The minimum atomic E-state index is 0.813. The zero-order valence-electron chi connectivity index (χ0n) is 24.0. The van der Waals surface area contributed by atoms with Crippen molar-refractivity contribution in [3.63, 3.8) is 0 Å². The summed E-state index contributed by atoms with van der Waals surface area (Å²) in [5.74, 6) is 3.28. The lowest BCUT2D eigenvalue weighted by atomic mass is 9.81. The zero-order valence-corrected chi connectivity index (χ0v) is 24.0. The summed E-state index contributed by atoms with van der Waals surface area (Å²) >= 11 is 0. The first-order valence-corrected chi connectivity index (χ1v) is 13.9. The van der Waals surface area contributed by atoms with Gasteiger partial charge in [-0.1, -0.05) is 60.7 Å². The molecule has 0 aliphatic heterocycles. The standard InChI is InChI=1S/C38H30O4/c1-39-25-13-9-23(10-14-25)35-29-7-5-6-8-30(29)37-31-19-17-27(41-3)21-33(31)34-22-28(42-4)18-20-32(34)38(37)36(35)24-11-15-26(40-2)16-12-24/h5-22H,1-4H3. The average molecular weight is 551 g/mol. The monoisotopic (exact) mass is 550 g/mol. The second-order valence-electron chi connectivity index (χ2n) is 10.3. The van der Waals surface area contributed by atoms with E-state index in [-0.39, 0.29) is 0 Å². The van der Waals surface area contributed by atoms with Crippen LogP contribution in [0, 0.1) is 0 Å². The minimum absolute atomic E-state index is 0.813. The van der Waals surface area contributed by atoms with Crippen molar-refractivity contribution in [3.8, 4) is 45.3 Å². The highest BCUT2D eigenvalue weighted by Gasteiger charge is 2.22. The fraction of sp³-hybridized carbons (Fsp3) is 0.105. The SMILES string of the molecule is COc1ccc(-c2c(-c3ccc(OC)cc3)c3c4ccc(OC)cc4c4cc(OC)ccc4c3c3ccccc23)cc1. The van der Waals surface area contributed by atoms with Crippen LogP contribution in [-0.4, -0.2) is 28.4 Å². The van der Waals surface area contributed by atoms with Crippen molar-refractivity contribution in [3.05, 3.63) is 109 Å². The molecule has 0 atom stereocenters. The predicted octanol–water partition coefficient (Wildman–Crippen LogP) is 9.67. The Hall–Kier alpha value is -5.22. The molecule has 4 heteroatoms. The Morgan fingerprint density at radius 1 is 0.333 bits per heavy atom. The van der Waals surface area contributed by atoms with Gasteiger partial charge in [0.1, 0.15) is 23.0 Å². The molecular weight excluding hydrogens is 520 g/mol. The lowest BCUT2D eigenvalue weighted by Crippen LogP contribution is -1.95. The predicted molar refractivity (Wildman–Crippen MR) is 174 cm³/mol. The molecule has 0 saturated carbocycles. The van der Waals surface area contributed by atoms with Crippen LogP contribution in [0.1, 0.15) is 0 Å². The first-order valence-electron chi connectivity index (χ1n) is 13.9. The molecular formula is C38H30O4. The average Bonchev–Trinajstić information content (AvgIpc) is 3.07. The molecule has 0 amide bonds. The highest BCUT2D eigenvalue weighted by Crippen LogP contribution is 2.50. The van der Waals surface area contributed by atoms with Crippen LogP contribution in [0.25, 0.3) is 65.3 Å². The van der Waals surface area contributed by atoms with E-state index in [9.17, 15) is 0 Å². The number of hydrogen-bond acceptors (Lipinski definition) is 4. The Morgan fingerprint density at radius 3 is 1.24 bits per heavy atom. The first kappa shape index (κ1) is 25.7. The largest absolute Gasteiger partial charge is 0.497 e. The second-order valence-corrected chi connectivity index (χ2v) is 10.3. The normalized spacial score (nSPS) is 11.3. The molecule has 206 valence electrons. The quantitative estimate of drug-likeness (QED) is 0.193. The second kappa shape index (κ2) is 10.3. The molecule has 0 heterocycles. The van der Waals surface area contributed by atoms with Crippen LogP contribution >= 0.6 is 0 Å². The van der Waals surface area contributed by atoms with Gasteiger partial charge in [0.25, 0.3) is 0 Å². The molecule has 0 spiro atoms. The van der Waals surface area contributed by atoms with Gasteiger partial charge >= 0.3 is 0 Å². The molecule has 0 fully saturated rings. The third kappa shape index (κ3) is 3.99. The van der Waals surface area contributed by atoms with Crippen molar-refractivity contribution in [2.24, 2.45) is 0 Å². The van der Waals surface area contributed by atoms with Crippen LogP contribution in [-0.2, 0) is 0 Å². The fourth-order valence-corrected chi connectivity index (χ4v) is 6.27. The molecule has 0 aliphatic rings. The van der Waals surface area contributed by atoms with E-state index in [0.717, 1.165) is 50.3 Å². The van der Waals surface area contributed by atoms with Gasteiger partial charge in [0, 0.05) is 0 Å². The van der Waals surface area contributed by atoms with Crippen LogP contribution in [0.15, 0.2) is 109 Å². The van der Waals surface area contributed by atoms with Crippen molar-refractivity contribution in [1.29, 1.82) is 0 Å². The molecule has 0 radical (unpaired) electrons. The number of rotatable bonds is 6. The molecule has 0 N–H and O–H groups in total. The summed E-state index contributed by atoms with van der Waals surface area (Å²) in [7, 11) is 6.82. The molecule has 0 saturated heterocycles. The Bertz CT molecular complexity index is 2110. The highest BCUT2D eigenvalue weighted by atomic mass is 16.5. The maximum Gasteiger partial charge on any atom is 0.119 e. The van der Waals surface area contributed by atoms with E-state index in [2.05, 4.69) is 72.8 Å². The van der Waals surface area contributed by atoms with Gasteiger partial charge in [0.2, 0.25) is 0 Å². The molecule has 7 rings (SSSR count). The van der Waals surface area contributed by atoms with E-state index < -0.39 is 0 Å². The van der Waals surface area contributed by atoms with Crippen LogP contribution < -0.4 is 18.9 Å². The smallest absolute Gasteiger partial charge is 0.119 e.